The number of carbonyl (C=O) groups excluding carboxylic acids is 1. The molecule has 0 aromatic heterocycles. The van der Waals surface area contributed by atoms with E-state index >= 15 is 0 Å². The molecule has 2 atom stereocenters. The lowest BCUT2D eigenvalue weighted by atomic mass is 9.72. The highest BCUT2D eigenvalue weighted by Crippen LogP contribution is 2.47. The zero-order valence-corrected chi connectivity index (χ0v) is 7.56. The van der Waals surface area contributed by atoms with Gasteiger partial charge in [0, 0.05) is 17.2 Å². The summed E-state index contributed by atoms with van der Waals surface area (Å²) in [5.74, 6) is 2.07. The summed E-state index contributed by atoms with van der Waals surface area (Å²) in [5.41, 5.74) is 2.61. The third-order valence-corrected chi connectivity index (χ3v) is 4.04. The molecule has 0 fully saturated rings. The maximum Gasteiger partial charge on any atom is 0.216 e. The largest absolute Gasteiger partial charge is 0.282 e. The van der Waals surface area contributed by atoms with E-state index in [4.69, 9.17) is 0 Å². The van der Waals surface area contributed by atoms with Crippen molar-refractivity contribution in [3.63, 3.8) is 0 Å². The van der Waals surface area contributed by atoms with Crippen molar-refractivity contribution in [3.8, 4) is 0 Å². The maximum atomic E-state index is 11.5. The molecule has 0 radical (unpaired) electrons. The quantitative estimate of drug-likeness (QED) is 0.529. The molecule has 62 valence electrons. The van der Waals surface area contributed by atoms with Crippen LogP contribution in [0.5, 0.6) is 0 Å². The first-order valence-electron chi connectivity index (χ1n) is 4.44. The van der Waals surface area contributed by atoms with Gasteiger partial charge < -0.3 is 0 Å². The Morgan fingerprint density at radius 1 is 1.25 bits per heavy atom. The van der Waals surface area contributed by atoms with E-state index in [9.17, 15) is 4.79 Å². The van der Waals surface area contributed by atoms with Crippen molar-refractivity contribution in [1.82, 2.24) is 0 Å². The molecule has 1 aliphatic heterocycles. The first kappa shape index (κ1) is 6.96. The summed E-state index contributed by atoms with van der Waals surface area (Å²) in [4.78, 5) is 11.5. The van der Waals surface area contributed by atoms with Crippen molar-refractivity contribution in [1.29, 1.82) is 0 Å². The molecule has 0 saturated carbocycles. The second-order valence-electron chi connectivity index (χ2n) is 3.69. The van der Waals surface area contributed by atoms with Crippen molar-refractivity contribution < 1.29 is 4.79 Å². The number of thioether (sulfide) groups is 1. The molecule has 2 unspecified atom stereocenters. The van der Waals surface area contributed by atoms with E-state index in [0.717, 1.165) is 5.75 Å². The Morgan fingerprint density at radius 3 is 2.67 bits per heavy atom. The molecule has 4 rings (SSSR count). The SMILES string of the molecule is O=C1SCC2=C1C1C=CC2CC1. The van der Waals surface area contributed by atoms with Crippen LogP contribution in [0.25, 0.3) is 0 Å². The second-order valence-corrected chi connectivity index (χ2v) is 4.64. The minimum absolute atomic E-state index is 0.351. The van der Waals surface area contributed by atoms with E-state index in [1.165, 1.54) is 35.7 Å². The average molecular weight is 178 g/mol. The molecule has 0 amide bonds. The number of fused-ring (bicyclic) bond motifs is 1. The molecule has 2 bridgehead atoms. The first-order valence-corrected chi connectivity index (χ1v) is 5.43. The molecule has 0 spiro atoms. The van der Waals surface area contributed by atoms with E-state index in [2.05, 4.69) is 12.2 Å². The monoisotopic (exact) mass is 178 g/mol. The third kappa shape index (κ3) is 0.738. The van der Waals surface area contributed by atoms with Crippen LogP contribution in [0.4, 0.5) is 0 Å². The van der Waals surface area contributed by atoms with Gasteiger partial charge in [-0.3, -0.25) is 4.79 Å². The summed E-state index contributed by atoms with van der Waals surface area (Å²) in [6.07, 6.45) is 7.00. The highest BCUT2D eigenvalue weighted by atomic mass is 32.2. The summed E-state index contributed by atoms with van der Waals surface area (Å²) in [5, 5.41) is 0.351. The molecule has 0 aromatic rings. The fourth-order valence-electron chi connectivity index (χ4n) is 2.48. The summed E-state index contributed by atoms with van der Waals surface area (Å²) in [6.45, 7) is 0. The lowest BCUT2D eigenvalue weighted by molar-refractivity contribution is -0.108. The zero-order chi connectivity index (χ0) is 8.13. The summed E-state index contributed by atoms with van der Waals surface area (Å²) >= 11 is 1.50. The van der Waals surface area contributed by atoms with Gasteiger partial charge in [-0.25, -0.2) is 0 Å². The zero-order valence-electron chi connectivity index (χ0n) is 6.75. The minimum atomic E-state index is 0.351. The van der Waals surface area contributed by atoms with Crippen molar-refractivity contribution in [2.45, 2.75) is 12.8 Å². The Bertz CT molecular complexity index is 314. The molecule has 12 heavy (non-hydrogen) atoms. The van der Waals surface area contributed by atoms with Crippen molar-refractivity contribution in [2.75, 3.05) is 5.75 Å². The molecule has 4 aliphatic rings. The number of hydrogen-bond donors (Lipinski definition) is 0. The molecule has 1 nitrogen and oxygen atoms in total. The van der Waals surface area contributed by atoms with Gasteiger partial charge in [0.15, 0.2) is 0 Å². The van der Waals surface area contributed by atoms with E-state index in [-0.39, 0.29) is 0 Å². The Balaban J connectivity index is 2.13. The van der Waals surface area contributed by atoms with Gasteiger partial charge in [0.2, 0.25) is 5.12 Å². The fourth-order valence-corrected chi connectivity index (χ4v) is 3.57. The smallest absolute Gasteiger partial charge is 0.216 e. The highest BCUT2D eigenvalue weighted by molar-refractivity contribution is 8.14. The Hall–Kier alpha value is -0.500. The average Bonchev–Trinajstić information content (AvgIpc) is 2.53. The van der Waals surface area contributed by atoms with Crippen molar-refractivity contribution >= 4 is 16.9 Å². The minimum Gasteiger partial charge on any atom is -0.282 e. The van der Waals surface area contributed by atoms with Crippen LogP contribution in [0.15, 0.2) is 23.3 Å². The highest BCUT2D eigenvalue weighted by Gasteiger charge is 2.38. The van der Waals surface area contributed by atoms with Gasteiger partial charge in [0.05, 0.1) is 0 Å². The van der Waals surface area contributed by atoms with E-state index in [0.29, 0.717) is 17.0 Å². The Morgan fingerprint density at radius 2 is 2.00 bits per heavy atom. The molecular formula is C10H10OS. The third-order valence-electron chi connectivity index (χ3n) is 3.11. The molecular weight excluding hydrogens is 168 g/mol. The van der Waals surface area contributed by atoms with Crippen LogP contribution >= 0.6 is 11.8 Å². The lowest BCUT2D eigenvalue weighted by Crippen LogP contribution is -2.22. The molecule has 2 heteroatoms. The van der Waals surface area contributed by atoms with Gasteiger partial charge in [-0.2, -0.15) is 0 Å². The van der Waals surface area contributed by atoms with Gasteiger partial charge >= 0.3 is 0 Å². The summed E-state index contributed by atoms with van der Waals surface area (Å²) in [6, 6.07) is 0. The topological polar surface area (TPSA) is 17.1 Å². The van der Waals surface area contributed by atoms with Crippen LogP contribution in [-0.2, 0) is 4.79 Å². The predicted octanol–water partition coefficient (Wildman–Crippen LogP) is 2.15. The molecule has 0 saturated heterocycles. The predicted molar refractivity (Wildman–Crippen MR) is 49.8 cm³/mol. The standard InChI is InChI=1S/C10H10OS/c11-10-9-7-3-1-6(2-4-7)8(9)5-12-10/h1,3,6-7H,2,4-5H2. The van der Waals surface area contributed by atoms with E-state index in [1.807, 2.05) is 0 Å². The first-order chi connectivity index (χ1) is 5.86. The summed E-state index contributed by atoms with van der Waals surface area (Å²) < 4.78 is 0. The molecule has 1 heterocycles. The van der Waals surface area contributed by atoms with Crippen LogP contribution in [0, 0.1) is 11.8 Å². The van der Waals surface area contributed by atoms with Crippen LogP contribution in [-0.4, -0.2) is 10.9 Å². The number of carbonyl (C=O) groups is 1. The number of hydrogen-bond acceptors (Lipinski definition) is 2. The normalized spacial score (nSPS) is 37.8. The van der Waals surface area contributed by atoms with Crippen molar-refractivity contribution in [2.24, 2.45) is 11.8 Å². The maximum absolute atomic E-state index is 11.5. The Kier molecular flexibility index (Phi) is 1.31. The van der Waals surface area contributed by atoms with Crippen molar-refractivity contribution in [3.05, 3.63) is 23.3 Å². The van der Waals surface area contributed by atoms with Gasteiger partial charge in [-0.15, -0.1) is 0 Å². The van der Waals surface area contributed by atoms with Crippen LogP contribution < -0.4 is 0 Å². The van der Waals surface area contributed by atoms with Gasteiger partial charge in [-0.05, 0) is 24.3 Å². The number of allylic oxidation sites excluding steroid dienone is 2. The fraction of sp³-hybridized carbons (Fsp3) is 0.500. The molecule has 0 N–H and O–H groups in total. The van der Waals surface area contributed by atoms with Gasteiger partial charge in [0.25, 0.3) is 0 Å². The molecule has 3 aliphatic carbocycles. The van der Waals surface area contributed by atoms with Gasteiger partial charge in [0.1, 0.15) is 0 Å². The van der Waals surface area contributed by atoms with Crippen LogP contribution in [0.3, 0.4) is 0 Å². The number of rotatable bonds is 0. The lowest BCUT2D eigenvalue weighted by Gasteiger charge is -2.31. The molecule has 0 aromatic carbocycles. The van der Waals surface area contributed by atoms with E-state index in [1.54, 1.807) is 0 Å². The van der Waals surface area contributed by atoms with Gasteiger partial charge in [-0.1, -0.05) is 23.9 Å². The van der Waals surface area contributed by atoms with E-state index < -0.39 is 0 Å². The second kappa shape index (κ2) is 2.25. The summed E-state index contributed by atoms with van der Waals surface area (Å²) in [7, 11) is 0. The van der Waals surface area contributed by atoms with Crippen LogP contribution in [0.1, 0.15) is 12.8 Å². The van der Waals surface area contributed by atoms with Crippen LogP contribution in [0.2, 0.25) is 0 Å². The Labute approximate surface area is 75.9 Å².